The molecule has 11 heavy (non-hydrogen) atoms. The second-order valence-corrected chi connectivity index (χ2v) is 1.91. The molecule has 0 radical (unpaired) electrons. The summed E-state index contributed by atoms with van der Waals surface area (Å²) in [5.41, 5.74) is 4.78. The lowest BCUT2D eigenvalue weighted by molar-refractivity contribution is 0.232. The van der Waals surface area contributed by atoms with Gasteiger partial charge in [-0.1, -0.05) is 12.2 Å². The predicted molar refractivity (Wildman–Crippen MR) is 39.8 cm³/mol. The molecule has 0 aromatic rings. The van der Waals surface area contributed by atoms with Gasteiger partial charge in [-0.2, -0.15) is 0 Å². The summed E-state index contributed by atoms with van der Waals surface area (Å²) in [5, 5.41) is 19.2. The first-order valence-corrected chi connectivity index (χ1v) is 3.15. The minimum atomic E-state index is -0.702. The predicted octanol–water partition coefficient (Wildman–Crippen LogP) is -1.44. The van der Waals surface area contributed by atoms with Crippen LogP contribution in [0.1, 0.15) is 0 Å². The highest BCUT2D eigenvalue weighted by Crippen LogP contribution is 1.83. The zero-order chi connectivity index (χ0) is 8.69. The summed E-state index contributed by atoms with van der Waals surface area (Å²) < 4.78 is 0. The highest BCUT2D eigenvalue weighted by atomic mass is 16.3. The van der Waals surface area contributed by atoms with Gasteiger partial charge in [-0.05, 0) is 0 Å². The number of carbonyl (C=O) groups is 1. The first-order chi connectivity index (χ1) is 5.20. The van der Waals surface area contributed by atoms with Crippen molar-refractivity contribution in [2.45, 2.75) is 6.04 Å². The quantitative estimate of drug-likeness (QED) is 0.379. The number of primary amides is 1. The molecular weight excluding hydrogens is 148 g/mol. The van der Waals surface area contributed by atoms with E-state index in [2.05, 4.69) is 5.32 Å². The number of rotatable bonds is 4. The highest BCUT2D eigenvalue weighted by Gasteiger charge is 2.02. The molecule has 1 unspecified atom stereocenters. The van der Waals surface area contributed by atoms with Crippen molar-refractivity contribution in [3.8, 4) is 0 Å². The van der Waals surface area contributed by atoms with Crippen LogP contribution in [0.3, 0.4) is 0 Å². The molecule has 0 saturated carbocycles. The van der Waals surface area contributed by atoms with Gasteiger partial charge in [0.25, 0.3) is 0 Å². The average molecular weight is 160 g/mol. The zero-order valence-electron chi connectivity index (χ0n) is 6.03. The van der Waals surface area contributed by atoms with Crippen molar-refractivity contribution in [1.29, 1.82) is 0 Å². The minimum absolute atomic E-state index is 0.128. The standard InChI is InChI=1S/C6H12N2O3/c7-6(11)8-5(4-10)2-1-3-9/h1-2,5,9-10H,3-4H2,(H3,7,8,11). The van der Waals surface area contributed by atoms with Crippen LogP contribution in [0, 0.1) is 0 Å². The van der Waals surface area contributed by atoms with Gasteiger partial charge in [0.1, 0.15) is 0 Å². The van der Waals surface area contributed by atoms with Crippen molar-refractivity contribution >= 4 is 6.03 Å². The number of hydrogen-bond acceptors (Lipinski definition) is 3. The Morgan fingerprint density at radius 3 is 2.64 bits per heavy atom. The topological polar surface area (TPSA) is 95.6 Å². The van der Waals surface area contributed by atoms with Crippen LogP contribution in [0.15, 0.2) is 12.2 Å². The molecule has 5 N–H and O–H groups in total. The Bertz CT molecular complexity index is 147. The van der Waals surface area contributed by atoms with Crippen LogP contribution in [0.5, 0.6) is 0 Å². The third-order valence-corrected chi connectivity index (χ3v) is 0.998. The van der Waals surface area contributed by atoms with Gasteiger partial charge < -0.3 is 21.3 Å². The van der Waals surface area contributed by atoms with Crippen LogP contribution >= 0.6 is 0 Å². The molecule has 0 aliphatic heterocycles. The lowest BCUT2D eigenvalue weighted by Crippen LogP contribution is -2.39. The highest BCUT2D eigenvalue weighted by molar-refractivity contribution is 5.72. The van der Waals surface area contributed by atoms with Crippen molar-refractivity contribution < 1.29 is 15.0 Å². The molecule has 0 rings (SSSR count). The van der Waals surface area contributed by atoms with E-state index in [1.807, 2.05) is 0 Å². The molecule has 0 heterocycles. The van der Waals surface area contributed by atoms with E-state index in [1.54, 1.807) is 0 Å². The van der Waals surface area contributed by atoms with Crippen molar-refractivity contribution in [1.82, 2.24) is 5.32 Å². The van der Waals surface area contributed by atoms with Crippen LogP contribution in [0.2, 0.25) is 0 Å². The van der Waals surface area contributed by atoms with E-state index in [-0.39, 0.29) is 13.2 Å². The lowest BCUT2D eigenvalue weighted by Gasteiger charge is -2.08. The normalized spacial score (nSPS) is 13.3. The maximum absolute atomic E-state index is 10.2. The van der Waals surface area contributed by atoms with Gasteiger partial charge in [-0.3, -0.25) is 0 Å². The summed E-state index contributed by atoms with van der Waals surface area (Å²) in [7, 11) is 0. The molecule has 0 aromatic carbocycles. The molecule has 5 heteroatoms. The van der Waals surface area contributed by atoms with E-state index in [9.17, 15) is 4.79 Å². The molecule has 0 aliphatic rings. The van der Waals surface area contributed by atoms with E-state index in [0.29, 0.717) is 0 Å². The minimum Gasteiger partial charge on any atom is -0.394 e. The number of aliphatic hydroxyl groups is 2. The Labute approximate surface area is 64.5 Å². The molecule has 2 amide bonds. The van der Waals surface area contributed by atoms with Gasteiger partial charge in [-0.25, -0.2) is 4.79 Å². The van der Waals surface area contributed by atoms with Crippen molar-refractivity contribution in [3.63, 3.8) is 0 Å². The number of amides is 2. The van der Waals surface area contributed by atoms with Crippen molar-refractivity contribution in [2.24, 2.45) is 5.73 Å². The first-order valence-electron chi connectivity index (χ1n) is 3.15. The molecule has 64 valence electrons. The van der Waals surface area contributed by atoms with E-state index in [1.165, 1.54) is 12.2 Å². The number of nitrogens with two attached hydrogens (primary N) is 1. The van der Waals surface area contributed by atoms with Crippen LogP contribution < -0.4 is 11.1 Å². The molecule has 0 bridgehead atoms. The van der Waals surface area contributed by atoms with Crippen LogP contribution in [-0.2, 0) is 0 Å². The third-order valence-electron chi connectivity index (χ3n) is 0.998. The van der Waals surface area contributed by atoms with E-state index < -0.39 is 12.1 Å². The molecule has 5 nitrogen and oxygen atoms in total. The van der Waals surface area contributed by atoms with E-state index in [4.69, 9.17) is 15.9 Å². The SMILES string of the molecule is NC(=O)NC(C=CCO)CO. The summed E-state index contributed by atoms with van der Waals surface area (Å²) in [4.78, 5) is 10.2. The summed E-state index contributed by atoms with van der Waals surface area (Å²) in [5.74, 6) is 0. The molecule has 0 fully saturated rings. The van der Waals surface area contributed by atoms with Gasteiger partial charge >= 0.3 is 6.03 Å². The molecule has 0 aromatic heterocycles. The summed E-state index contributed by atoms with van der Waals surface area (Å²) in [6, 6.07) is -1.22. The Morgan fingerprint density at radius 1 is 1.64 bits per heavy atom. The van der Waals surface area contributed by atoms with Gasteiger partial charge in [-0.15, -0.1) is 0 Å². The largest absolute Gasteiger partial charge is 0.394 e. The number of carbonyl (C=O) groups excluding carboxylic acids is 1. The number of nitrogens with one attached hydrogen (secondary N) is 1. The zero-order valence-corrected chi connectivity index (χ0v) is 6.03. The monoisotopic (exact) mass is 160 g/mol. The van der Waals surface area contributed by atoms with Crippen LogP contribution in [0.25, 0.3) is 0 Å². The molecule has 0 saturated heterocycles. The molecule has 0 aliphatic carbocycles. The lowest BCUT2D eigenvalue weighted by atomic mass is 10.3. The summed E-state index contributed by atoms with van der Waals surface area (Å²) >= 11 is 0. The van der Waals surface area contributed by atoms with Gasteiger partial charge in [0.2, 0.25) is 0 Å². The number of aliphatic hydroxyl groups excluding tert-OH is 2. The van der Waals surface area contributed by atoms with Gasteiger partial charge in [0.15, 0.2) is 0 Å². The molecule has 1 atom stereocenters. The maximum atomic E-state index is 10.2. The van der Waals surface area contributed by atoms with Gasteiger partial charge in [0.05, 0.1) is 19.3 Å². The second kappa shape index (κ2) is 5.70. The van der Waals surface area contributed by atoms with Crippen molar-refractivity contribution in [2.75, 3.05) is 13.2 Å². The molecule has 0 spiro atoms. The second-order valence-electron chi connectivity index (χ2n) is 1.91. The smallest absolute Gasteiger partial charge is 0.312 e. The molecular formula is C6H12N2O3. The van der Waals surface area contributed by atoms with E-state index in [0.717, 1.165) is 0 Å². The fourth-order valence-electron chi connectivity index (χ4n) is 0.562. The fourth-order valence-corrected chi connectivity index (χ4v) is 0.562. The van der Waals surface area contributed by atoms with Crippen molar-refractivity contribution in [3.05, 3.63) is 12.2 Å². The van der Waals surface area contributed by atoms with Crippen LogP contribution in [-0.4, -0.2) is 35.5 Å². The maximum Gasteiger partial charge on any atom is 0.312 e. The Balaban J connectivity index is 3.75. The van der Waals surface area contributed by atoms with Gasteiger partial charge in [0, 0.05) is 0 Å². The number of urea groups is 1. The first kappa shape index (κ1) is 9.93. The number of hydrogen-bond donors (Lipinski definition) is 4. The van der Waals surface area contributed by atoms with E-state index >= 15 is 0 Å². The third kappa shape index (κ3) is 5.38. The Morgan fingerprint density at radius 2 is 2.27 bits per heavy atom. The summed E-state index contributed by atoms with van der Waals surface area (Å²) in [6.45, 7) is -0.365. The Hall–Kier alpha value is -1.07. The fraction of sp³-hybridized carbons (Fsp3) is 0.500. The average Bonchev–Trinajstić information content (AvgIpc) is 1.97. The Kier molecular flexibility index (Phi) is 5.14. The summed E-state index contributed by atoms with van der Waals surface area (Å²) in [6.07, 6.45) is 2.88. The van der Waals surface area contributed by atoms with Crippen LogP contribution in [0.4, 0.5) is 4.79 Å².